The van der Waals surface area contributed by atoms with Crippen LogP contribution in [-0.4, -0.2) is 4.57 Å². The van der Waals surface area contributed by atoms with E-state index in [2.05, 4.69) is 227 Å². The monoisotopic (exact) mass is 789 g/mol. The minimum absolute atomic E-state index is 1.07. The number of rotatable bonds is 7. The van der Waals surface area contributed by atoms with Crippen molar-refractivity contribution in [3.8, 4) is 5.69 Å². The minimum Gasteiger partial charge on any atom is -0.310 e. The van der Waals surface area contributed by atoms with E-state index in [4.69, 9.17) is 0 Å². The zero-order chi connectivity index (χ0) is 38.9. The zero-order valence-electron chi connectivity index (χ0n) is 31.9. The standard InChI is InChI=1S/C54H35N3S2/c1-4-16-36(17-5-1)56(37-18-6-2-7-19-37)48-32-41(33-49-54(48)46-24-10-13-25-47(46)57(49)38-20-8-3-9-21-38)55(39-28-30-44-42-22-11-14-26-50(42)58-52(44)34-39)40-29-31-45-43-23-12-15-27-51(43)59-53(45)35-40/h1-35H. The molecule has 9 aromatic carbocycles. The van der Waals surface area contributed by atoms with E-state index >= 15 is 0 Å². The molecule has 0 aliphatic carbocycles. The quantitative estimate of drug-likeness (QED) is 0.159. The van der Waals surface area contributed by atoms with Gasteiger partial charge in [-0.05, 0) is 91.0 Å². The average Bonchev–Trinajstić information content (AvgIpc) is 3.97. The first-order valence-corrected chi connectivity index (χ1v) is 21.6. The van der Waals surface area contributed by atoms with Crippen LogP contribution in [0.25, 0.3) is 67.8 Å². The molecule has 12 aromatic rings. The molecular weight excluding hydrogens is 755 g/mol. The van der Waals surface area contributed by atoms with Gasteiger partial charge in [-0.1, -0.05) is 121 Å². The first-order valence-electron chi connectivity index (χ1n) is 19.9. The van der Waals surface area contributed by atoms with Crippen molar-refractivity contribution in [1.82, 2.24) is 4.57 Å². The fourth-order valence-electron chi connectivity index (χ4n) is 8.96. The summed E-state index contributed by atoms with van der Waals surface area (Å²) in [6.45, 7) is 0. The van der Waals surface area contributed by atoms with Crippen LogP contribution < -0.4 is 9.80 Å². The fraction of sp³-hybridized carbons (Fsp3) is 0. The van der Waals surface area contributed by atoms with Gasteiger partial charge in [0.05, 0.1) is 22.4 Å². The maximum atomic E-state index is 2.47. The van der Waals surface area contributed by atoms with E-state index < -0.39 is 0 Å². The third-order valence-corrected chi connectivity index (χ3v) is 13.8. The number of thiophene rings is 2. The van der Waals surface area contributed by atoms with Crippen LogP contribution in [0.15, 0.2) is 212 Å². The molecular formula is C54H35N3S2. The van der Waals surface area contributed by atoms with E-state index in [9.17, 15) is 0 Å². The lowest BCUT2D eigenvalue weighted by atomic mass is 10.0. The normalized spacial score (nSPS) is 11.7. The lowest BCUT2D eigenvalue weighted by Crippen LogP contribution is -2.14. The summed E-state index contributed by atoms with van der Waals surface area (Å²) in [5.74, 6) is 0. The summed E-state index contributed by atoms with van der Waals surface area (Å²) in [7, 11) is 0. The molecule has 0 spiro atoms. The third kappa shape index (κ3) is 5.54. The highest BCUT2D eigenvalue weighted by molar-refractivity contribution is 7.26. The molecule has 0 unspecified atom stereocenters. The van der Waals surface area contributed by atoms with Crippen LogP contribution in [-0.2, 0) is 0 Å². The molecule has 12 rings (SSSR count). The Balaban J connectivity index is 1.21. The van der Waals surface area contributed by atoms with Crippen molar-refractivity contribution in [3.63, 3.8) is 0 Å². The van der Waals surface area contributed by atoms with Gasteiger partial charge in [0.1, 0.15) is 0 Å². The van der Waals surface area contributed by atoms with Gasteiger partial charge in [0.2, 0.25) is 0 Å². The number of benzene rings is 9. The van der Waals surface area contributed by atoms with Crippen LogP contribution >= 0.6 is 22.7 Å². The first-order chi connectivity index (χ1) is 29.3. The SMILES string of the molecule is c1ccc(N(c2ccccc2)c2cc(N(c3ccc4c(c3)sc3ccccc34)c3ccc4c(c3)sc3ccccc34)cc3c2c2ccccc2n3-c2ccccc2)cc1. The van der Waals surface area contributed by atoms with Crippen LogP contribution in [0.5, 0.6) is 0 Å². The molecule has 0 aliphatic rings. The van der Waals surface area contributed by atoms with Gasteiger partial charge in [0, 0.05) is 79.6 Å². The van der Waals surface area contributed by atoms with Gasteiger partial charge in [-0.2, -0.15) is 0 Å². The molecule has 0 saturated heterocycles. The number of fused-ring (bicyclic) bond motifs is 9. The molecule has 3 heterocycles. The van der Waals surface area contributed by atoms with Gasteiger partial charge in [-0.25, -0.2) is 0 Å². The largest absolute Gasteiger partial charge is 0.310 e. The second-order valence-corrected chi connectivity index (χ2v) is 17.1. The molecule has 5 heteroatoms. The van der Waals surface area contributed by atoms with Crippen LogP contribution in [0.2, 0.25) is 0 Å². The summed E-state index contributed by atoms with van der Waals surface area (Å²) < 4.78 is 7.58. The molecule has 0 fully saturated rings. The van der Waals surface area contributed by atoms with Gasteiger partial charge in [0.25, 0.3) is 0 Å². The highest BCUT2D eigenvalue weighted by atomic mass is 32.1. The van der Waals surface area contributed by atoms with Crippen molar-refractivity contribution < 1.29 is 0 Å². The van der Waals surface area contributed by atoms with E-state index in [1.165, 1.54) is 51.1 Å². The van der Waals surface area contributed by atoms with Crippen molar-refractivity contribution in [2.45, 2.75) is 0 Å². The summed E-state index contributed by atoms with van der Waals surface area (Å²) in [5.41, 5.74) is 10.0. The second kappa shape index (κ2) is 13.7. The van der Waals surface area contributed by atoms with Gasteiger partial charge in [-0.15, -0.1) is 22.7 Å². The highest BCUT2D eigenvalue weighted by Gasteiger charge is 2.25. The van der Waals surface area contributed by atoms with E-state index in [0.29, 0.717) is 0 Å². The Morgan fingerprint density at radius 1 is 0.305 bits per heavy atom. The fourth-order valence-corrected chi connectivity index (χ4v) is 11.2. The predicted octanol–water partition coefficient (Wildman–Crippen LogP) is 16.5. The van der Waals surface area contributed by atoms with E-state index in [-0.39, 0.29) is 0 Å². The minimum atomic E-state index is 1.07. The third-order valence-electron chi connectivity index (χ3n) is 11.5. The van der Waals surface area contributed by atoms with Gasteiger partial charge in [0.15, 0.2) is 0 Å². The number of nitrogens with zero attached hydrogens (tertiary/aromatic N) is 3. The Bertz CT molecular complexity index is 3360. The summed E-state index contributed by atoms with van der Waals surface area (Å²) >= 11 is 3.72. The number of hydrogen-bond acceptors (Lipinski definition) is 4. The summed E-state index contributed by atoms with van der Waals surface area (Å²) in [6, 6.07) is 77.5. The Hall–Kier alpha value is -7.18. The van der Waals surface area contributed by atoms with Gasteiger partial charge >= 0.3 is 0 Å². The van der Waals surface area contributed by atoms with Crippen LogP contribution in [0.4, 0.5) is 34.1 Å². The zero-order valence-corrected chi connectivity index (χ0v) is 33.5. The van der Waals surface area contributed by atoms with E-state index in [0.717, 1.165) is 50.8 Å². The maximum absolute atomic E-state index is 2.47. The molecule has 59 heavy (non-hydrogen) atoms. The molecule has 0 saturated carbocycles. The molecule has 0 amide bonds. The molecule has 0 N–H and O–H groups in total. The van der Waals surface area contributed by atoms with Crippen molar-refractivity contribution in [2.75, 3.05) is 9.80 Å². The molecule has 0 radical (unpaired) electrons. The number of anilines is 6. The molecule has 0 bridgehead atoms. The number of aromatic nitrogens is 1. The average molecular weight is 790 g/mol. The molecule has 278 valence electrons. The molecule has 0 atom stereocenters. The van der Waals surface area contributed by atoms with Crippen LogP contribution in [0.1, 0.15) is 0 Å². The second-order valence-electron chi connectivity index (χ2n) is 14.9. The Morgan fingerprint density at radius 3 is 1.36 bits per heavy atom. The number of hydrogen-bond donors (Lipinski definition) is 0. The van der Waals surface area contributed by atoms with Crippen LogP contribution in [0.3, 0.4) is 0 Å². The molecule has 3 aromatic heterocycles. The Morgan fingerprint density at radius 2 is 0.780 bits per heavy atom. The summed E-state index contributed by atoms with van der Waals surface area (Å²) in [6.07, 6.45) is 0. The molecule has 3 nitrogen and oxygen atoms in total. The number of para-hydroxylation sites is 4. The van der Waals surface area contributed by atoms with Crippen molar-refractivity contribution in [2.24, 2.45) is 0 Å². The predicted molar refractivity (Wildman–Crippen MR) is 256 cm³/mol. The van der Waals surface area contributed by atoms with Crippen molar-refractivity contribution in [3.05, 3.63) is 212 Å². The van der Waals surface area contributed by atoms with Crippen LogP contribution in [0, 0.1) is 0 Å². The van der Waals surface area contributed by atoms with Crippen molar-refractivity contribution in [1.29, 1.82) is 0 Å². The Kier molecular flexibility index (Phi) is 7.90. The lowest BCUT2D eigenvalue weighted by Gasteiger charge is -2.30. The Labute approximate surface area is 349 Å². The maximum Gasteiger partial charge on any atom is 0.0583 e. The van der Waals surface area contributed by atoms with Gasteiger partial charge < -0.3 is 14.4 Å². The highest BCUT2D eigenvalue weighted by Crippen LogP contribution is 2.49. The smallest absolute Gasteiger partial charge is 0.0583 e. The van der Waals surface area contributed by atoms with Gasteiger partial charge in [-0.3, -0.25) is 0 Å². The lowest BCUT2D eigenvalue weighted by molar-refractivity contribution is 1.17. The molecule has 0 aliphatic heterocycles. The van der Waals surface area contributed by atoms with E-state index in [1.807, 2.05) is 22.7 Å². The van der Waals surface area contributed by atoms with E-state index in [1.54, 1.807) is 0 Å². The topological polar surface area (TPSA) is 11.4 Å². The first kappa shape index (κ1) is 33.9. The summed E-state index contributed by atoms with van der Waals surface area (Å²) in [4.78, 5) is 4.90. The summed E-state index contributed by atoms with van der Waals surface area (Å²) in [5, 5.41) is 7.57. The van der Waals surface area contributed by atoms with Crippen molar-refractivity contribution >= 4 is 119 Å².